The smallest absolute Gasteiger partial charge is 0.410 e. The Kier molecular flexibility index (Phi) is 11.2. The number of nitrogens with zero attached hydrogens (tertiary/aromatic N) is 5. The number of nitrogens with one attached hydrogen (secondary N) is 1. The Labute approximate surface area is 311 Å². The van der Waals surface area contributed by atoms with Crippen LogP contribution in [0.4, 0.5) is 13.6 Å². The van der Waals surface area contributed by atoms with Crippen molar-refractivity contribution >= 4 is 23.8 Å². The largest absolute Gasteiger partial charge is 0.444 e. The minimum absolute atomic E-state index is 0.0160. The second kappa shape index (κ2) is 16.2. The number of imidazole rings is 1. The summed E-state index contributed by atoms with van der Waals surface area (Å²) in [5, 5.41) is 14.1. The quantitative estimate of drug-likeness (QED) is 0.267. The van der Waals surface area contributed by atoms with Crippen molar-refractivity contribution in [3.8, 4) is 11.3 Å². The van der Waals surface area contributed by atoms with E-state index in [1.165, 1.54) is 24.0 Å². The van der Waals surface area contributed by atoms with Crippen LogP contribution in [0.25, 0.3) is 11.3 Å². The molecular formula is C39H44F2N6O7. The van der Waals surface area contributed by atoms with Gasteiger partial charge >= 0.3 is 6.09 Å². The topological polar surface area (TPSA) is 147 Å². The monoisotopic (exact) mass is 746 g/mol. The predicted molar refractivity (Wildman–Crippen MR) is 190 cm³/mol. The fraction of sp³-hybridized carbons (Fsp3) is 0.462. The first-order chi connectivity index (χ1) is 26.0. The van der Waals surface area contributed by atoms with Crippen molar-refractivity contribution in [3.05, 3.63) is 89.9 Å². The third-order valence-corrected chi connectivity index (χ3v) is 10.7. The fourth-order valence-electron chi connectivity index (χ4n) is 7.80. The van der Waals surface area contributed by atoms with Gasteiger partial charge in [0.1, 0.15) is 29.7 Å². The number of benzene rings is 2. The number of rotatable bonds is 12. The highest BCUT2D eigenvalue weighted by atomic mass is 19.1. The van der Waals surface area contributed by atoms with Crippen molar-refractivity contribution in [1.29, 1.82) is 0 Å². The van der Waals surface area contributed by atoms with E-state index in [9.17, 15) is 28.7 Å². The van der Waals surface area contributed by atoms with E-state index in [2.05, 4.69) is 5.32 Å². The summed E-state index contributed by atoms with van der Waals surface area (Å²) >= 11 is 0. The fourth-order valence-corrected chi connectivity index (χ4v) is 7.80. The van der Waals surface area contributed by atoms with Gasteiger partial charge < -0.3 is 34.3 Å². The molecule has 4 amide bonds. The van der Waals surface area contributed by atoms with E-state index >= 15 is 4.39 Å². The number of hydrogen-bond acceptors (Lipinski definition) is 9. The van der Waals surface area contributed by atoms with E-state index in [-0.39, 0.29) is 53.9 Å². The van der Waals surface area contributed by atoms with Crippen LogP contribution in [0.2, 0.25) is 0 Å². The highest BCUT2D eigenvalue weighted by molar-refractivity contribution is 6.12. The molecule has 4 aliphatic rings. The van der Waals surface area contributed by atoms with Crippen molar-refractivity contribution in [2.45, 2.75) is 44.6 Å². The normalized spacial score (nSPS) is 21.7. The summed E-state index contributed by atoms with van der Waals surface area (Å²) in [4.78, 5) is 60.6. The molecule has 3 aromatic rings. The molecule has 1 unspecified atom stereocenters. The minimum atomic E-state index is -1.37. The van der Waals surface area contributed by atoms with Crippen molar-refractivity contribution in [2.75, 3.05) is 52.5 Å². The number of amides is 4. The Hall–Kier alpha value is -4.99. The molecule has 7 rings (SSSR count). The summed E-state index contributed by atoms with van der Waals surface area (Å²) in [6, 6.07) is 12.1. The standard InChI is InChI=1S/C39H44F2N6O7/c1-24(48)38(51)47(22-28-16-42-17-33(28)54-39(52)45-19-26(20-45)21-46-34(49)9-10-35(46)50)36(27-11-13-53-14-12-27)37-43-32(30-15-29(40)7-8-31(30)41)23-44(37)18-25-5-3-2-4-6-25/h2-10,15,23-24,26-28,33,36,42,48H,11-14,16-22H2,1H3/t24-,28-,33+,36?/m0/s1. The van der Waals surface area contributed by atoms with Crippen LogP contribution in [0.1, 0.15) is 37.2 Å². The van der Waals surface area contributed by atoms with Crippen molar-refractivity contribution in [1.82, 2.24) is 29.6 Å². The average Bonchev–Trinajstić information content (AvgIpc) is 3.85. The van der Waals surface area contributed by atoms with Crippen molar-refractivity contribution in [2.24, 2.45) is 17.8 Å². The van der Waals surface area contributed by atoms with Crippen LogP contribution in [-0.2, 0) is 30.4 Å². The van der Waals surface area contributed by atoms with Gasteiger partial charge in [0.05, 0.1) is 11.7 Å². The first-order valence-electron chi connectivity index (χ1n) is 18.4. The number of ether oxygens (including phenoxy) is 2. The van der Waals surface area contributed by atoms with Crippen LogP contribution in [0.3, 0.4) is 0 Å². The number of halogens is 2. The lowest BCUT2D eigenvalue weighted by Gasteiger charge is -2.42. The van der Waals surface area contributed by atoms with Gasteiger partial charge in [0, 0.05) is 94.8 Å². The number of aliphatic hydroxyl groups excluding tert-OH is 1. The molecule has 0 radical (unpaired) electrons. The molecule has 5 heterocycles. The number of likely N-dealkylation sites (tertiary alicyclic amines) is 1. The Balaban J connectivity index is 1.16. The molecule has 13 nitrogen and oxygen atoms in total. The highest BCUT2D eigenvalue weighted by Crippen LogP contribution is 2.38. The Morgan fingerprint density at radius 1 is 1.06 bits per heavy atom. The zero-order valence-electron chi connectivity index (χ0n) is 30.0. The molecule has 4 atom stereocenters. The predicted octanol–water partition coefficient (Wildman–Crippen LogP) is 3.14. The van der Waals surface area contributed by atoms with Gasteiger partial charge in [-0.25, -0.2) is 18.6 Å². The molecule has 0 bridgehead atoms. The molecule has 15 heteroatoms. The SMILES string of the molecule is C[C@H](O)C(=O)N(C[C@@H]1CNC[C@H]1OC(=O)N1CC(CN2C(=O)C=CC2=O)C1)C(c1nc(-c2cc(F)ccc2F)cn1Cc1ccccc1)C1CCOCC1. The zero-order valence-corrected chi connectivity index (χ0v) is 30.0. The summed E-state index contributed by atoms with van der Waals surface area (Å²) in [6.07, 6.45) is 2.79. The van der Waals surface area contributed by atoms with E-state index in [0.29, 0.717) is 64.6 Å². The molecule has 1 aromatic heterocycles. The lowest BCUT2D eigenvalue weighted by molar-refractivity contribution is -0.146. The number of imide groups is 1. The van der Waals surface area contributed by atoms with Gasteiger partial charge in [-0.15, -0.1) is 0 Å². The average molecular weight is 747 g/mol. The second-order valence-electron chi connectivity index (χ2n) is 14.5. The van der Waals surface area contributed by atoms with Gasteiger partial charge in [0.25, 0.3) is 17.7 Å². The first-order valence-corrected chi connectivity index (χ1v) is 18.4. The molecule has 0 aliphatic carbocycles. The molecule has 2 N–H and O–H groups in total. The van der Waals surface area contributed by atoms with E-state index in [1.807, 2.05) is 34.9 Å². The molecule has 286 valence electrons. The third-order valence-electron chi connectivity index (χ3n) is 10.7. The Bertz CT molecular complexity index is 1870. The number of aliphatic hydroxyl groups is 1. The molecule has 3 saturated heterocycles. The van der Waals surface area contributed by atoms with E-state index in [0.717, 1.165) is 28.7 Å². The molecule has 4 aliphatic heterocycles. The van der Waals surface area contributed by atoms with E-state index in [1.54, 1.807) is 11.1 Å². The third kappa shape index (κ3) is 8.08. The summed E-state index contributed by atoms with van der Waals surface area (Å²) in [7, 11) is 0. The molecule has 0 spiro atoms. The number of carbonyl (C=O) groups is 4. The maximum Gasteiger partial charge on any atom is 0.410 e. The highest BCUT2D eigenvalue weighted by Gasteiger charge is 2.43. The number of hydrogen-bond donors (Lipinski definition) is 2. The molecular weight excluding hydrogens is 702 g/mol. The summed E-state index contributed by atoms with van der Waals surface area (Å²) in [5.41, 5.74) is 1.12. The van der Waals surface area contributed by atoms with E-state index in [4.69, 9.17) is 14.5 Å². The maximum atomic E-state index is 15.2. The van der Waals surface area contributed by atoms with Crippen LogP contribution in [0, 0.1) is 29.4 Å². The molecule has 0 saturated carbocycles. The maximum absolute atomic E-state index is 15.2. The summed E-state index contributed by atoms with van der Waals surface area (Å²) in [5.74, 6) is -2.66. The van der Waals surface area contributed by atoms with Crippen molar-refractivity contribution < 1.29 is 42.5 Å². The Morgan fingerprint density at radius 2 is 1.78 bits per heavy atom. The minimum Gasteiger partial charge on any atom is -0.444 e. The summed E-state index contributed by atoms with van der Waals surface area (Å²) < 4.78 is 43.2. The van der Waals surface area contributed by atoms with Gasteiger partial charge in [-0.05, 0) is 49.4 Å². The van der Waals surface area contributed by atoms with Crippen LogP contribution in [-0.4, -0.2) is 118 Å². The molecule has 2 aromatic carbocycles. The second-order valence-corrected chi connectivity index (χ2v) is 14.5. The lowest BCUT2D eigenvalue weighted by Crippen LogP contribution is -2.55. The summed E-state index contributed by atoms with van der Waals surface area (Å²) in [6.45, 7) is 4.39. The zero-order chi connectivity index (χ0) is 37.9. The van der Waals surface area contributed by atoms with Gasteiger partial charge in [0.2, 0.25) is 0 Å². The van der Waals surface area contributed by atoms with Crippen LogP contribution in [0.5, 0.6) is 0 Å². The van der Waals surface area contributed by atoms with E-state index < -0.39 is 41.9 Å². The first kappa shape index (κ1) is 37.3. The molecule has 3 fully saturated rings. The van der Waals surface area contributed by atoms with Crippen LogP contribution in [0.15, 0.2) is 66.9 Å². The van der Waals surface area contributed by atoms with Gasteiger partial charge in [0.15, 0.2) is 0 Å². The molecule has 54 heavy (non-hydrogen) atoms. The van der Waals surface area contributed by atoms with Crippen LogP contribution >= 0.6 is 0 Å². The Morgan fingerprint density at radius 3 is 2.48 bits per heavy atom. The van der Waals surface area contributed by atoms with Gasteiger partial charge in [-0.1, -0.05) is 30.3 Å². The number of aromatic nitrogens is 2. The van der Waals surface area contributed by atoms with Gasteiger partial charge in [-0.3, -0.25) is 19.3 Å². The van der Waals surface area contributed by atoms with Crippen LogP contribution < -0.4 is 5.32 Å². The van der Waals surface area contributed by atoms with Crippen molar-refractivity contribution in [3.63, 3.8) is 0 Å². The van der Waals surface area contributed by atoms with Gasteiger partial charge in [-0.2, -0.15) is 0 Å². The number of carbonyl (C=O) groups excluding carboxylic acids is 4. The lowest BCUT2D eigenvalue weighted by atomic mass is 9.88.